The number of aryl methyl sites for hydroxylation is 2. The first kappa shape index (κ1) is 18.1. The molecule has 30 heavy (non-hydrogen) atoms. The molecule has 0 bridgehead atoms. The minimum absolute atomic E-state index is 0.593. The van der Waals surface area contributed by atoms with Crippen molar-refractivity contribution >= 4 is 16.6 Å². The number of H-pyrrole nitrogens is 2. The quantitative estimate of drug-likeness (QED) is 0.380. The highest BCUT2D eigenvalue weighted by atomic mass is 15.1. The number of aromatic nitrogens is 5. The zero-order valence-corrected chi connectivity index (χ0v) is 16.9. The number of nitrogens with one attached hydrogen (secondary N) is 3. The summed E-state index contributed by atoms with van der Waals surface area (Å²) in [6.45, 7) is 4.68. The highest BCUT2D eigenvalue weighted by Crippen LogP contribution is 2.31. The Morgan fingerprint density at radius 2 is 1.83 bits per heavy atom. The van der Waals surface area contributed by atoms with Crippen molar-refractivity contribution in [1.29, 1.82) is 0 Å². The maximum atomic E-state index is 4.93. The Kier molecular flexibility index (Phi) is 4.52. The van der Waals surface area contributed by atoms with Gasteiger partial charge in [-0.1, -0.05) is 24.3 Å². The van der Waals surface area contributed by atoms with Gasteiger partial charge in [-0.15, -0.1) is 0 Å². The number of benzene rings is 2. The molecule has 3 aromatic heterocycles. The minimum atomic E-state index is 0.593. The first-order chi connectivity index (χ1) is 14.7. The van der Waals surface area contributed by atoms with Crippen LogP contribution in [0.2, 0.25) is 0 Å². The van der Waals surface area contributed by atoms with Crippen LogP contribution >= 0.6 is 0 Å². The molecular formula is C24H22N6. The Balaban J connectivity index is 1.55. The van der Waals surface area contributed by atoms with E-state index in [-0.39, 0.29) is 0 Å². The van der Waals surface area contributed by atoms with Gasteiger partial charge >= 0.3 is 0 Å². The number of aromatic amines is 2. The van der Waals surface area contributed by atoms with Crippen LogP contribution in [0.3, 0.4) is 0 Å². The van der Waals surface area contributed by atoms with Crippen LogP contribution in [-0.4, -0.2) is 25.1 Å². The summed E-state index contributed by atoms with van der Waals surface area (Å²) < 4.78 is 0. The van der Waals surface area contributed by atoms with Crippen LogP contribution in [-0.2, 0) is 6.54 Å². The predicted molar refractivity (Wildman–Crippen MR) is 120 cm³/mol. The molecule has 0 fully saturated rings. The number of nitrogens with zero attached hydrogens (tertiary/aromatic N) is 3. The van der Waals surface area contributed by atoms with Gasteiger partial charge in [-0.05, 0) is 55.8 Å². The Morgan fingerprint density at radius 1 is 0.933 bits per heavy atom. The molecule has 3 N–H and O–H groups in total. The van der Waals surface area contributed by atoms with Gasteiger partial charge < -0.3 is 10.3 Å². The maximum Gasteiger partial charge on any atom is 0.126 e. The lowest BCUT2D eigenvalue weighted by Crippen LogP contribution is -2.01. The average Bonchev–Trinajstić information content (AvgIpc) is 3.39. The van der Waals surface area contributed by atoms with Gasteiger partial charge in [-0.3, -0.25) is 10.1 Å². The van der Waals surface area contributed by atoms with E-state index in [1.165, 1.54) is 5.56 Å². The van der Waals surface area contributed by atoms with Gasteiger partial charge in [-0.25, -0.2) is 4.98 Å². The van der Waals surface area contributed by atoms with Gasteiger partial charge in [0.2, 0.25) is 0 Å². The number of hydrogen-bond acceptors (Lipinski definition) is 4. The third-order valence-electron chi connectivity index (χ3n) is 5.09. The highest BCUT2D eigenvalue weighted by Gasteiger charge is 2.16. The second kappa shape index (κ2) is 7.48. The Hall–Kier alpha value is -3.93. The zero-order valence-electron chi connectivity index (χ0n) is 16.9. The summed E-state index contributed by atoms with van der Waals surface area (Å²) in [7, 11) is 0. The van der Waals surface area contributed by atoms with Gasteiger partial charge in [0.05, 0.1) is 35.3 Å². The molecule has 0 unspecified atom stereocenters. The highest BCUT2D eigenvalue weighted by molar-refractivity contribution is 5.86. The Morgan fingerprint density at radius 3 is 2.70 bits per heavy atom. The molecule has 0 atom stereocenters. The van der Waals surface area contributed by atoms with Crippen molar-refractivity contribution in [2.75, 3.05) is 5.32 Å². The molecule has 0 aliphatic heterocycles. The molecule has 6 nitrogen and oxygen atoms in total. The molecule has 5 aromatic rings. The SMILES string of the molecule is Cc1cccc(NCc2nc(-c3ccc4[nH]ncc4c3)c(-c3cccc(C)n3)[nH]2)c1. The van der Waals surface area contributed by atoms with Crippen molar-refractivity contribution in [2.45, 2.75) is 20.4 Å². The molecule has 3 heterocycles. The van der Waals surface area contributed by atoms with E-state index in [0.717, 1.165) is 50.8 Å². The fraction of sp³-hybridized carbons (Fsp3) is 0.125. The minimum Gasteiger partial charge on any atom is -0.378 e. The number of imidazole rings is 1. The number of pyridine rings is 1. The predicted octanol–water partition coefficient (Wildman–Crippen LogP) is 5.24. The summed E-state index contributed by atoms with van der Waals surface area (Å²) in [5, 5.41) is 11.6. The Bertz CT molecular complexity index is 1330. The summed E-state index contributed by atoms with van der Waals surface area (Å²) in [5.41, 5.74) is 7.98. The van der Waals surface area contributed by atoms with E-state index in [4.69, 9.17) is 9.97 Å². The van der Waals surface area contributed by atoms with E-state index < -0.39 is 0 Å². The van der Waals surface area contributed by atoms with E-state index in [1.807, 2.05) is 43.5 Å². The number of anilines is 1. The van der Waals surface area contributed by atoms with Crippen LogP contribution in [0.4, 0.5) is 5.69 Å². The fourth-order valence-electron chi connectivity index (χ4n) is 3.61. The monoisotopic (exact) mass is 394 g/mol. The second-order valence-corrected chi connectivity index (χ2v) is 7.47. The molecule has 0 saturated carbocycles. The third-order valence-corrected chi connectivity index (χ3v) is 5.09. The summed E-state index contributed by atoms with van der Waals surface area (Å²) in [6.07, 6.45) is 1.83. The smallest absolute Gasteiger partial charge is 0.126 e. The van der Waals surface area contributed by atoms with Gasteiger partial charge in [0, 0.05) is 22.3 Å². The van der Waals surface area contributed by atoms with E-state index in [9.17, 15) is 0 Å². The summed E-state index contributed by atoms with van der Waals surface area (Å²) in [5.74, 6) is 0.858. The number of rotatable bonds is 5. The van der Waals surface area contributed by atoms with Crippen LogP contribution < -0.4 is 5.32 Å². The second-order valence-electron chi connectivity index (χ2n) is 7.47. The molecule has 0 aliphatic rings. The zero-order chi connectivity index (χ0) is 20.5. The third kappa shape index (κ3) is 3.55. The van der Waals surface area contributed by atoms with Gasteiger partial charge in [-0.2, -0.15) is 5.10 Å². The maximum absolute atomic E-state index is 4.93. The molecule has 0 saturated heterocycles. The van der Waals surface area contributed by atoms with Crippen molar-refractivity contribution < 1.29 is 0 Å². The summed E-state index contributed by atoms with van der Waals surface area (Å²) in [4.78, 5) is 13.1. The molecule has 0 spiro atoms. The summed E-state index contributed by atoms with van der Waals surface area (Å²) >= 11 is 0. The molecular weight excluding hydrogens is 372 g/mol. The van der Waals surface area contributed by atoms with E-state index in [2.05, 4.69) is 57.8 Å². The lowest BCUT2D eigenvalue weighted by atomic mass is 10.1. The van der Waals surface area contributed by atoms with Crippen LogP contribution in [0.5, 0.6) is 0 Å². The van der Waals surface area contributed by atoms with Crippen LogP contribution in [0.25, 0.3) is 33.5 Å². The van der Waals surface area contributed by atoms with Gasteiger partial charge in [0.25, 0.3) is 0 Å². The first-order valence-electron chi connectivity index (χ1n) is 9.93. The molecule has 6 heteroatoms. The largest absolute Gasteiger partial charge is 0.378 e. The molecule has 2 aromatic carbocycles. The summed E-state index contributed by atoms with van der Waals surface area (Å²) in [6, 6.07) is 20.6. The van der Waals surface area contributed by atoms with Crippen molar-refractivity contribution in [3.8, 4) is 22.6 Å². The van der Waals surface area contributed by atoms with Crippen molar-refractivity contribution in [3.05, 3.63) is 83.9 Å². The lowest BCUT2D eigenvalue weighted by molar-refractivity contribution is 1.000. The molecule has 5 rings (SSSR count). The lowest BCUT2D eigenvalue weighted by Gasteiger charge is -2.05. The molecule has 0 aliphatic carbocycles. The first-order valence-corrected chi connectivity index (χ1v) is 9.93. The van der Waals surface area contributed by atoms with Gasteiger partial charge in [0.1, 0.15) is 5.82 Å². The van der Waals surface area contributed by atoms with Gasteiger partial charge in [0.15, 0.2) is 0 Å². The van der Waals surface area contributed by atoms with Crippen LogP contribution in [0, 0.1) is 13.8 Å². The van der Waals surface area contributed by atoms with Crippen molar-refractivity contribution in [2.24, 2.45) is 0 Å². The van der Waals surface area contributed by atoms with E-state index in [1.54, 1.807) is 0 Å². The van der Waals surface area contributed by atoms with Crippen molar-refractivity contribution in [3.63, 3.8) is 0 Å². The average molecular weight is 394 g/mol. The molecule has 148 valence electrons. The van der Waals surface area contributed by atoms with E-state index in [0.29, 0.717) is 6.54 Å². The van der Waals surface area contributed by atoms with Crippen molar-refractivity contribution in [1.82, 2.24) is 25.1 Å². The normalized spacial score (nSPS) is 11.1. The topological polar surface area (TPSA) is 82.3 Å². The number of hydrogen-bond donors (Lipinski definition) is 3. The standard InChI is InChI=1S/C24H22N6/c1-15-5-3-7-19(11-15)25-14-22-28-23(17-9-10-20-18(12-17)13-26-30-20)24(29-22)21-8-4-6-16(2)27-21/h3-13,25H,14H2,1-2H3,(H,26,30)(H,28,29). The van der Waals surface area contributed by atoms with Crippen LogP contribution in [0.1, 0.15) is 17.1 Å². The fourth-order valence-corrected chi connectivity index (χ4v) is 3.61. The molecule has 0 radical (unpaired) electrons. The van der Waals surface area contributed by atoms with Crippen LogP contribution in [0.15, 0.2) is 66.9 Å². The Labute approximate surface area is 174 Å². The van der Waals surface area contributed by atoms with E-state index >= 15 is 0 Å². The molecule has 0 amide bonds. The number of fused-ring (bicyclic) bond motifs is 1.